The van der Waals surface area contributed by atoms with Gasteiger partial charge in [0.1, 0.15) is 11.0 Å². The smallest absolute Gasteiger partial charge is 0.245 e. The Morgan fingerprint density at radius 1 is 1.26 bits per heavy atom. The molecule has 1 aliphatic rings. The minimum atomic E-state index is -3.53. The number of thiophene rings is 1. The van der Waals surface area contributed by atoms with Crippen molar-refractivity contribution in [3.63, 3.8) is 0 Å². The Morgan fingerprint density at radius 2 is 1.96 bits per heavy atom. The van der Waals surface area contributed by atoms with Gasteiger partial charge < -0.3 is 4.55 Å². The molecule has 1 saturated heterocycles. The summed E-state index contributed by atoms with van der Waals surface area (Å²) in [5.41, 5.74) is 2.47. The van der Waals surface area contributed by atoms with Crippen molar-refractivity contribution >= 4 is 38.3 Å². The molecule has 1 aromatic heterocycles. The third-order valence-corrected chi connectivity index (χ3v) is 9.92. The molecule has 1 unspecified atom stereocenters. The molecule has 146 valence electrons. The van der Waals surface area contributed by atoms with Crippen LogP contribution in [0.25, 0.3) is 10.4 Å². The average molecular weight is 428 g/mol. The van der Waals surface area contributed by atoms with Crippen LogP contribution in [0.2, 0.25) is 0 Å². The number of hydrogen-bond acceptors (Lipinski definition) is 6. The van der Waals surface area contributed by atoms with E-state index in [4.69, 9.17) is 5.21 Å². The van der Waals surface area contributed by atoms with Crippen LogP contribution >= 0.6 is 11.3 Å². The quantitative estimate of drug-likeness (QED) is 0.433. The van der Waals surface area contributed by atoms with Gasteiger partial charge in [-0.05, 0) is 66.0 Å². The summed E-state index contributed by atoms with van der Waals surface area (Å²) in [6.07, 6.45) is 2.97. The maximum atomic E-state index is 12.9. The van der Waals surface area contributed by atoms with E-state index in [9.17, 15) is 17.8 Å². The third kappa shape index (κ3) is 3.93. The number of amides is 1. The predicted octanol–water partition coefficient (Wildman–Crippen LogP) is 2.84. The van der Waals surface area contributed by atoms with Gasteiger partial charge in [0.25, 0.3) is 0 Å². The molecule has 1 fully saturated rings. The zero-order valence-electron chi connectivity index (χ0n) is 14.8. The molecule has 0 aliphatic carbocycles. The lowest BCUT2D eigenvalue weighted by Gasteiger charge is -2.35. The van der Waals surface area contributed by atoms with E-state index in [0.717, 1.165) is 15.3 Å². The molecular weight excluding hydrogens is 406 g/mol. The van der Waals surface area contributed by atoms with Crippen LogP contribution in [0.5, 0.6) is 0 Å². The van der Waals surface area contributed by atoms with E-state index in [0.29, 0.717) is 24.1 Å². The van der Waals surface area contributed by atoms with E-state index >= 15 is 0 Å². The molecule has 2 atom stereocenters. The van der Waals surface area contributed by atoms with Crippen LogP contribution in [0.4, 0.5) is 0 Å². The SMILES string of the molecule is C[S+]([O-])c1ccc(-c2ccc([C@@]3(CC(=O)NO)CCCCS3(=O)=O)s2)cc1. The molecule has 2 heterocycles. The first-order valence-corrected chi connectivity index (χ1v) is 12.5. The summed E-state index contributed by atoms with van der Waals surface area (Å²) in [6, 6.07) is 10.9. The summed E-state index contributed by atoms with van der Waals surface area (Å²) >= 11 is 0.283. The summed E-state index contributed by atoms with van der Waals surface area (Å²) in [5.74, 6) is -0.666. The summed E-state index contributed by atoms with van der Waals surface area (Å²) < 4.78 is 36.1. The Kier molecular flexibility index (Phi) is 5.97. The van der Waals surface area contributed by atoms with E-state index in [1.165, 1.54) is 11.3 Å². The highest BCUT2D eigenvalue weighted by atomic mass is 32.2. The molecular formula is C18H21NO5S3. The van der Waals surface area contributed by atoms with Gasteiger partial charge in [-0.15, -0.1) is 11.3 Å². The number of nitrogens with one attached hydrogen (secondary N) is 1. The highest BCUT2D eigenvalue weighted by molar-refractivity contribution is 7.92. The van der Waals surface area contributed by atoms with E-state index in [1.54, 1.807) is 29.9 Å². The van der Waals surface area contributed by atoms with E-state index in [2.05, 4.69) is 0 Å². The van der Waals surface area contributed by atoms with Crippen molar-refractivity contribution in [2.45, 2.75) is 35.3 Å². The van der Waals surface area contributed by atoms with Crippen LogP contribution in [0, 0.1) is 0 Å². The van der Waals surface area contributed by atoms with Crippen LogP contribution < -0.4 is 5.48 Å². The van der Waals surface area contributed by atoms with Crippen molar-refractivity contribution in [1.82, 2.24) is 5.48 Å². The summed E-state index contributed by atoms with van der Waals surface area (Å²) in [5, 5.41) is 8.94. The first-order valence-electron chi connectivity index (χ1n) is 8.48. The molecule has 6 nitrogen and oxygen atoms in total. The second-order valence-electron chi connectivity index (χ2n) is 6.62. The Hall–Kier alpha value is -1.39. The molecule has 2 aromatic rings. The van der Waals surface area contributed by atoms with Crippen LogP contribution in [-0.4, -0.2) is 36.1 Å². The zero-order valence-corrected chi connectivity index (χ0v) is 17.3. The summed E-state index contributed by atoms with van der Waals surface area (Å²) in [7, 11) is -3.53. The van der Waals surface area contributed by atoms with Crippen LogP contribution in [0.1, 0.15) is 30.6 Å². The third-order valence-electron chi connectivity index (χ3n) is 4.94. The number of hydroxylamine groups is 1. The molecule has 1 aromatic carbocycles. The fourth-order valence-electron chi connectivity index (χ4n) is 3.46. The fraction of sp³-hybridized carbons (Fsp3) is 0.389. The van der Waals surface area contributed by atoms with Crippen LogP contribution in [0.15, 0.2) is 41.3 Å². The van der Waals surface area contributed by atoms with Crippen LogP contribution in [0.3, 0.4) is 0 Å². The lowest BCUT2D eigenvalue weighted by atomic mass is 9.94. The second-order valence-corrected chi connectivity index (χ2v) is 11.5. The van der Waals surface area contributed by atoms with Crippen molar-refractivity contribution in [3.05, 3.63) is 41.3 Å². The summed E-state index contributed by atoms with van der Waals surface area (Å²) in [4.78, 5) is 14.1. The minimum Gasteiger partial charge on any atom is -0.612 e. The van der Waals surface area contributed by atoms with Crippen LogP contribution in [-0.2, 0) is 30.6 Å². The molecule has 9 heteroatoms. The van der Waals surface area contributed by atoms with E-state index in [1.807, 2.05) is 18.2 Å². The molecule has 0 bridgehead atoms. The van der Waals surface area contributed by atoms with Crippen molar-refractivity contribution in [3.8, 4) is 10.4 Å². The number of carbonyl (C=O) groups excluding carboxylic acids is 1. The summed E-state index contributed by atoms with van der Waals surface area (Å²) in [6.45, 7) is 0. The molecule has 0 spiro atoms. The standard InChI is InChI=1S/C18H21NO5S3/c1-26(22)14-6-4-13(5-7-14)15-8-9-16(25-15)18(12-17(20)19-21)10-2-3-11-27(18,23)24/h4-9,21H,2-3,10-12H2,1H3,(H,19,20)/t18-,26?/m0/s1. The number of benzene rings is 1. The highest BCUT2D eigenvalue weighted by Crippen LogP contribution is 2.47. The van der Waals surface area contributed by atoms with Crippen molar-refractivity contribution in [1.29, 1.82) is 0 Å². The topological polar surface area (TPSA) is 107 Å². The Bertz CT molecular complexity index is 921. The molecule has 1 aliphatic heterocycles. The normalized spacial score (nSPS) is 22.9. The maximum absolute atomic E-state index is 12.9. The van der Waals surface area contributed by atoms with E-state index in [-0.39, 0.29) is 12.2 Å². The minimum absolute atomic E-state index is 0.0377. The molecule has 1 amide bonds. The number of carbonyl (C=O) groups is 1. The van der Waals surface area contributed by atoms with Gasteiger partial charge in [-0.25, -0.2) is 13.9 Å². The number of hydrogen-bond donors (Lipinski definition) is 2. The van der Waals surface area contributed by atoms with Gasteiger partial charge >= 0.3 is 0 Å². The number of sulfone groups is 1. The maximum Gasteiger partial charge on any atom is 0.245 e. The van der Waals surface area contributed by atoms with Gasteiger partial charge in [0, 0.05) is 9.75 Å². The Labute approximate surface area is 165 Å². The molecule has 27 heavy (non-hydrogen) atoms. The van der Waals surface area contributed by atoms with Gasteiger partial charge in [-0.2, -0.15) is 0 Å². The molecule has 0 radical (unpaired) electrons. The molecule has 0 saturated carbocycles. The fourth-order valence-corrected chi connectivity index (χ4v) is 7.77. The van der Waals surface area contributed by atoms with E-state index < -0.39 is 31.7 Å². The molecule has 3 rings (SSSR count). The highest BCUT2D eigenvalue weighted by Gasteiger charge is 2.49. The number of rotatable bonds is 5. The lowest BCUT2D eigenvalue weighted by Crippen LogP contribution is -2.43. The van der Waals surface area contributed by atoms with Gasteiger partial charge in [0.15, 0.2) is 14.7 Å². The van der Waals surface area contributed by atoms with Gasteiger partial charge in [-0.3, -0.25) is 10.0 Å². The van der Waals surface area contributed by atoms with Gasteiger partial charge in [0.2, 0.25) is 5.91 Å². The first kappa shape index (κ1) is 20.3. The Morgan fingerprint density at radius 3 is 2.56 bits per heavy atom. The zero-order chi connectivity index (χ0) is 19.7. The van der Waals surface area contributed by atoms with Crippen molar-refractivity contribution < 1.29 is 23.0 Å². The Balaban J connectivity index is 2.01. The monoisotopic (exact) mass is 427 g/mol. The largest absolute Gasteiger partial charge is 0.612 e. The second kappa shape index (κ2) is 7.92. The lowest BCUT2D eigenvalue weighted by molar-refractivity contribution is -0.130. The van der Waals surface area contributed by atoms with Gasteiger partial charge in [-0.1, -0.05) is 6.42 Å². The van der Waals surface area contributed by atoms with Gasteiger partial charge in [0.05, 0.1) is 12.2 Å². The molecule has 2 N–H and O–H groups in total. The van der Waals surface area contributed by atoms with Crippen molar-refractivity contribution in [2.24, 2.45) is 0 Å². The first-order chi connectivity index (χ1) is 12.8. The average Bonchev–Trinajstić information content (AvgIpc) is 3.14. The van der Waals surface area contributed by atoms with Crippen molar-refractivity contribution in [2.75, 3.05) is 12.0 Å². The predicted molar refractivity (Wildman–Crippen MR) is 106 cm³/mol.